The maximum Gasteiger partial charge on any atom is 0.514 e. The predicted molar refractivity (Wildman–Crippen MR) is 117 cm³/mol. The summed E-state index contributed by atoms with van der Waals surface area (Å²) >= 11 is 0. The number of carbonyl (C=O) groups excluding carboxylic acids is 2. The second-order valence-electron chi connectivity index (χ2n) is 8.18. The van der Waals surface area contributed by atoms with Crippen molar-refractivity contribution in [3.8, 4) is 22.6 Å². The Morgan fingerprint density at radius 1 is 0.567 bits per heavy atom. The van der Waals surface area contributed by atoms with Gasteiger partial charge >= 0.3 is 12.3 Å². The van der Waals surface area contributed by atoms with E-state index in [1.807, 2.05) is 38.1 Å². The summed E-state index contributed by atoms with van der Waals surface area (Å²) in [6, 6.07) is 14.0. The lowest BCUT2D eigenvalue weighted by Gasteiger charge is -2.18. The van der Waals surface area contributed by atoms with Crippen LogP contribution in [0.15, 0.2) is 48.5 Å². The fourth-order valence-electron chi connectivity index (χ4n) is 2.16. The van der Waals surface area contributed by atoms with Gasteiger partial charge in [0.1, 0.15) is 22.7 Å². The largest absolute Gasteiger partial charge is 0.514 e. The Labute approximate surface area is 179 Å². The fraction of sp³-hybridized carbons (Fsp3) is 0.417. The highest BCUT2D eigenvalue weighted by Gasteiger charge is 2.19. The van der Waals surface area contributed by atoms with Crippen molar-refractivity contribution in [3.63, 3.8) is 0 Å². The van der Waals surface area contributed by atoms with Crippen LogP contribution in [-0.2, 0) is 9.47 Å². The topological polar surface area (TPSA) is 71.1 Å². The van der Waals surface area contributed by atoms with Crippen LogP contribution in [0, 0.1) is 0 Å². The van der Waals surface area contributed by atoms with E-state index in [-0.39, 0.29) is 0 Å². The maximum atomic E-state index is 11.7. The molecule has 0 N–H and O–H groups in total. The number of carbonyl (C=O) groups is 2. The van der Waals surface area contributed by atoms with E-state index in [1.54, 1.807) is 65.8 Å². The first-order chi connectivity index (χ1) is 13.9. The van der Waals surface area contributed by atoms with Gasteiger partial charge in [0.15, 0.2) is 0 Å². The van der Waals surface area contributed by atoms with Crippen LogP contribution in [0.3, 0.4) is 0 Å². The molecule has 0 unspecified atom stereocenters. The number of hydrogen-bond acceptors (Lipinski definition) is 6. The molecule has 0 aromatic heterocycles. The van der Waals surface area contributed by atoms with Gasteiger partial charge in [0.05, 0.1) is 0 Å². The average molecular weight is 417 g/mol. The summed E-state index contributed by atoms with van der Waals surface area (Å²) in [7, 11) is 0. The van der Waals surface area contributed by atoms with Crippen LogP contribution in [0.25, 0.3) is 11.1 Å². The molecule has 0 fully saturated rings. The molecule has 6 heteroatoms. The van der Waals surface area contributed by atoms with Crippen molar-refractivity contribution in [2.24, 2.45) is 0 Å². The Bertz CT molecular complexity index is 737. The monoisotopic (exact) mass is 416 g/mol. The first-order valence-electron chi connectivity index (χ1n) is 9.93. The van der Waals surface area contributed by atoms with E-state index in [0.29, 0.717) is 11.5 Å². The summed E-state index contributed by atoms with van der Waals surface area (Å²) in [6.45, 7) is 14.6. The van der Waals surface area contributed by atoms with Gasteiger partial charge in [0.2, 0.25) is 0 Å². The van der Waals surface area contributed by atoms with E-state index < -0.39 is 23.5 Å². The van der Waals surface area contributed by atoms with E-state index in [1.165, 1.54) is 0 Å². The van der Waals surface area contributed by atoms with Crippen molar-refractivity contribution < 1.29 is 28.5 Å². The van der Waals surface area contributed by atoms with Crippen molar-refractivity contribution in [2.45, 2.75) is 66.6 Å². The molecule has 6 nitrogen and oxygen atoms in total. The zero-order valence-corrected chi connectivity index (χ0v) is 19.1. The Morgan fingerprint density at radius 3 is 1.07 bits per heavy atom. The third-order valence-electron chi connectivity index (χ3n) is 3.22. The van der Waals surface area contributed by atoms with E-state index in [0.717, 1.165) is 11.1 Å². The second-order valence-corrected chi connectivity index (χ2v) is 8.18. The lowest BCUT2D eigenvalue weighted by molar-refractivity contribution is 0.0193. The van der Waals surface area contributed by atoms with Crippen molar-refractivity contribution >= 4 is 12.3 Å². The van der Waals surface area contributed by atoms with Crippen molar-refractivity contribution in [1.29, 1.82) is 0 Å². The van der Waals surface area contributed by atoms with Crippen LogP contribution < -0.4 is 9.47 Å². The molecule has 0 aliphatic rings. The summed E-state index contributed by atoms with van der Waals surface area (Å²) in [4.78, 5) is 23.4. The maximum absolute atomic E-state index is 11.7. The number of hydrogen-bond donors (Lipinski definition) is 0. The summed E-state index contributed by atoms with van der Waals surface area (Å²) in [5, 5.41) is 0. The van der Waals surface area contributed by atoms with Gasteiger partial charge in [-0.15, -0.1) is 0 Å². The molecule has 2 aromatic carbocycles. The Morgan fingerprint density at radius 2 is 0.833 bits per heavy atom. The third kappa shape index (κ3) is 9.45. The Kier molecular flexibility index (Phi) is 8.90. The summed E-state index contributed by atoms with van der Waals surface area (Å²) < 4.78 is 20.5. The molecule has 0 aliphatic heterocycles. The van der Waals surface area contributed by atoms with E-state index in [4.69, 9.17) is 18.9 Å². The van der Waals surface area contributed by atoms with Gasteiger partial charge in [-0.2, -0.15) is 0 Å². The number of benzene rings is 2. The molecule has 0 spiro atoms. The molecule has 0 bridgehead atoms. The molecule has 0 heterocycles. The standard InChI is InChI=1S/C22H26O6.C2H6/c1-21(2,3)27-19(23)25-17-11-7-15(8-12-17)16-9-13-18(14-10-16)26-20(24)28-22(4,5)6;1-2/h7-14H,1-6H3;1-2H3. The average Bonchev–Trinajstić information content (AvgIpc) is 2.61. The van der Waals surface area contributed by atoms with Gasteiger partial charge in [-0.3, -0.25) is 0 Å². The minimum atomic E-state index is -0.746. The van der Waals surface area contributed by atoms with Gasteiger partial charge in [-0.1, -0.05) is 38.1 Å². The SMILES string of the molecule is CC.CC(C)(C)OC(=O)Oc1ccc(-c2ccc(OC(=O)OC(C)(C)C)cc2)cc1. The van der Waals surface area contributed by atoms with Crippen molar-refractivity contribution in [2.75, 3.05) is 0 Å². The molecule has 0 amide bonds. The fourth-order valence-corrected chi connectivity index (χ4v) is 2.16. The second kappa shape index (κ2) is 10.7. The van der Waals surface area contributed by atoms with E-state index >= 15 is 0 Å². The van der Waals surface area contributed by atoms with Crippen LogP contribution in [0.2, 0.25) is 0 Å². The molecule has 0 atom stereocenters. The first kappa shape index (κ1) is 25.0. The summed E-state index contributed by atoms with van der Waals surface area (Å²) in [5.41, 5.74) is 0.612. The third-order valence-corrected chi connectivity index (χ3v) is 3.22. The quantitative estimate of drug-likeness (QED) is 0.396. The highest BCUT2D eigenvalue weighted by Crippen LogP contribution is 2.25. The molecule has 2 rings (SSSR count). The highest BCUT2D eigenvalue weighted by molar-refractivity contribution is 5.69. The van der Waals surface area contributed by atoms with Gasteiger partial charge in [-0.25, -0.2) is 9.59 Å². The Balaban J connectivity index is 0.00000218. The smallest absolute Gasteiger partial charge is 0.428 e. The lowest BCUT2D eigenvalue weighted by Crippen LogP contribution is -2.26. The molecule has 0 aliphatic carbocycles. The predicted octanol–water partition coefficient (Wildman–Crippen LogP) is 7.01. The van der Waals surface area contributed by atoms with Gasteiger partial charge < -0.3 is 18.9 Å². The minimum Gasteiger partial charge on any atom is -0.428 e. The van der Waals surface area contributed by atoms with E-state index in [9.17, 15) is 9.59 Å². The minimum absolute atomic E-state index is 0.392. The highest BCUT2D eigenvalue weighted by atomic mass is 16.7. The number of ether oxygens (including phenoxy) is 4. The molecule has 30 heavy (non-hydrogen) atoms. The zero-order chi connectivity index (χ0) is 22.9. The molecule has 164 valence electrons. The normalized spacial score (nSPS) is 10.9. The van der Waals surface area contributed by atoms with Crippen LogP contribution >= 0.6 is 0 Å². The molecule has 0 saturated carbocycles. The van der Waals surface area contributed by atoms with Crippen molar-refractivity contribution in [3.05, 3.63) is 48.5 Å². The Hall–Kier alpha value is -3.02. The molecular formula is C24H32O6. The first-order valence-corrected chi connectivity index (χ1v) is 9.93. The number of rotatable bonds is 3. The molecule has 2 aromatic rings. The zero-order valence-electron chi connectivity index (χ0n) is 19.1. The summed E-state index contributed by atoms with van der Waals surface area (Å²) in [5.74, 6) is 0.783. The van der Waals surface area contributed by atoms with Crippen molar-refractivity contribution in [1.82, 2.24) is 0 Å². The van der Waals surface area contributed by atoms with Gasteiger partial charge in [-0.05, 0) is 76.9 Å². The molecular weight excluding hydrogens is 384 g/mol. The van der Waals surface area contributed by atoms with Crippen LogP contribution in [0.1, 0.15) is 55.4 Å². The lowest BCUT2D eigenvalue weighted by atomic mass is 10.1. The summed E-state index contributed by atoms with van der Waals surface area (Å²) in [6.07, 6.45) is -1.49. The van der Waals surface area contributed by atoms with Gasteiger partial charge in [0.25, 0.3) is 0 Å². The van der Waals surface area contributed by atoms with Gasteiger partial charge in [0, 0.05) is 0 Å². The van der Waals surface area contributed by atoms with Crippen LogP contribution in [0.5, 0.6) is 11.5 Å². The van der Waals surface area contributed by atoms with Crippen LogP contribution in [-0.4, -0.2) is 23.5 Å². The molecule has 0 radical (unpaired) electrons. The molecule has 0 saturated heterocycles. The van der Waals surface area contributed by atoms with E-state index in [2.05, 4.69) is 0 Å². The van der Waals surface area contributed by atoms with Crippen LogP contribution in [0.4, 0.5) is 9.59 Å².